The van der Waals surface area contributed by atoms with Crippen LogP contribution in [0.25, 0.3) is 16.6 Å². The van der Waals surface area contributed by atoms with Crippen molar-refractivity contribution in [2.24, 2.45) is 0 Å². The summed E-state index contributed by atoms with van der Waals surface area (Å²) in [5.74, 6) is 1.69. The van der Waals surface area contributed by atoms with E-state index in [-0.39, 0.29) is 0 Å². The zero-order valence-corrected chi connectivity index (χ0v) is 17.2. The molecule has 2 aromatic heterocycles. The van der Waals surface area contributed by atoms with Crippen LogP contribution in [0.1, 0.15) is 24.0 Å². The number of halogens is 1. The Kier molecular flexibility index (Phi) is 4.82. The molecule has 0 unspecified atom stereocenters. The predicted octanol–water partition coefficient (Wildman–Crippen LogP) is 4.78. The Labute approximate surface area is 172 Å². The van der Waals surface area contributed by atoms with Gasteiger partial charge in [-0.05, 0) is 41.8 Å². The van der Waals surface area contributed by atoms with Crippen molar-refractivity contribution >= 4 is 32.5 Å². The van der Waals surface area contributed by atoms with E-state index in [2.05, 4.69) is 55.2 Å². The summed E-state index contributed by atoms with van der Waals surface area (Å²) in [4.78, 5) is 10.1. The summed E-state index contributed by atoms with van der Waals surface area (Å²) >= 11 is 3.71. The zero-order chi connectivity index (χ0) is 18.9. The van der Waals surface area contributed by atoms with Gasteiger partial charge in [0.1, 0.15) is 5.65 Å². The normalized spacial score (nSPS) is 17.4. The van der Waals surface area contributed by atoms with Gasteiger partial charge in [0.25, 0.3) is 0 Å². The minimum Gasteiger partial charge on any atom is -0.490 e. The number of fused-ring (bicyclic) bond motifs is 2. The van der Waals surface area contributed by atoms with Crippen LogP contribution in [0.4, 0.5) is 0 Å². The molecular weight excluding hydrogens is 418 g/mol. The first-order valence-corrected chi connectivity index (χ1v) is 10.5. The van der Waals surface area contributed by atoms with Gasteiger partial charge in [0.05, 0.1) is 13.2 Å². The maximum atomic E-state index is 5.85. The van der Waals surface area contributed by atoms with Gasteiger partial charge in [-0.2, -0.15) is 0 Å². The van der Waals surface area contributed by atoms with Crippen LogP contribution < -0.4 is 9.47 Å². The highest BCUT2D eigenvalue weighted by Gasteiger charge is 2.19. The second kappa shape index (κ2) is 7.60. The number of aromatic amines is 1. The standard InChI is InChI=1S/C22H22BrN3O2/c23-19-12-21-20(27-9-2-10-28-21)11-16(19)14-26-7-4-15(5-8-26)18-13-25-22-17(18)3-1-6-24-22/h1,3-4,6,11-13H,2,5,7-10,14H2,(H,24,25). The number of benzene rings is 1. The first-order valence-electron chi connectivity index (χ1n) is 9.70. The molecule has 4 heterocycles. The van der Waals surface area contributed by atoms with Crippen LogP contribution >= 0.6 is 15.9 Å². The molecule has 0 amide bonds. The van der Waals surface area contributed by atoms with Crippen LogP contribution in [0, 0.1) is 0 Å². The third-order valence-corrected chi connectivity index (χ3v) is 6.14. The topological polar surface area (TPSA) is 50.4 Å². The van der Waals surface area contributed by atoms with Crippen molar-refractivity contribution in [2.75, 3.05) is 26.3 Å². The maximum Gasteiger partial charge on any atom is 0.162 e. The van der Waals surface area contributed by atoms with E-state index in [1.807, 2.05) is 18.3 Å². The van der Waals surface area contributed by atoms with Gasteiger partial charge < -0.3 is 14.5 Å². The second-order valence-electron chi connectivity index (χ2n) is 7.26. The molecule has 3 aromatic rings. The summed E-state index contributed by atoms with van der Waals surface area (Å²) in [7, 11) is 0. The first kappa shape index (κ1) is 17.8. The minimum atomic E-state index is 0.710. The molecule has 2 aliphatic heterocycles. The van der Waals surface area contributed by atoms with Crippen LogP contribution in [0.3, 0.4) is 0 Å². The van der Waals surface area contributed by atoms with Crippen molar-refractivity contribution in [1.82, 2.24) is 14.9 Å². The molecule has 2 aliphatic rings. The average Bonchev–Trinajstić information content (AvgIpc) is 3.02. The molecule has 0 fully saturated rings. The van der Waals surface area contributed by atoms with Gasteiger partial charge in [0.15, 0.2) is 11.5 Å². The summed E-state index contributed by atoms with van der Waals surface area (Å²) < 4.78 is 12.7. The first-order chi connectivity index (χ1) is 13.8. The fourth-order valence-corrected chi connectivity index (χ4v) is 4.36. The van der Waals surface area contributed by atoms with Crippen molar-refractivity contribution in [2.45, 2.75) is 19.4 Å². The predicted molar refractivity (Wildman–Crippen MR) is 114 cm³/mol. The van der Waals surface area contributed by atoms with Crippen LogP contribution in [0.15, 0.2) is 47.2 Å². The Balaban J connectivity index is 1.33. The summed E-state index contributed by atoms with van der Waals surface area (Å²) in [6, 6.07) is 8.29. The van der Waals surface area contributed by atoms with E-state index < -0.39 is 0 Å². The number of rotatable bonds is 3. The van der Waals surface area contributed by atoms with E-state index >= 15 is 0 Å². The molecule has 1 aromatic carbocycles. The number of nitrogens with zero attached hydrogens (tertiary/aromatic N) is 2. The number of nitrogens with one attached hydrogen (secondary N) is 1. The molecule has 0 saturated heterocycles. The number of hydrogen-bond acceptors (Lipinski definition) is 4. The van der Waals surface area contributed by atoms with Crippen molar-refractivity contribution in [3.05, 3.63) is 58.3 Å². The van der Waals surface area contributed by atoms with Crippen molar-refractivity contribution < 1.29 is 9.47 Å². The summed E-state index contributed by atoms with van der Waals surface area (Å²) in [6.07, 6.45) is 8.21. The number of H-pyrrole nitrogens is 1. The van der Waals surface area contributed by atoms with Crippen molar-refractivity contribution in [3.8, 4) is 11.5 Å². The largest absolute Gasteiger partial charge is 0.490 e. The molecule has 6 heteroatoms. The van der Waals surface area contributed by atoms with E-state index in [1.165, 1.54) is 22.1 Å². The highest BCUT2D eigenvalue weighted by molar-refractivity contribution is 9.10. The number of ether oxygens (including phenoxy) is 2. The molecule has 1 N–H and O–H groups in total. The molecule has 0 atom stereocenters. The maximum absolute atomic E-state index is 5.85. The summed E-state index contributed by atoms with van der Waals surface area (Å²) in [5.41, 5.74) is 4.86. The van der Waals surface area contributed by atoms with E-state index in [0.717, 1.165) is 54.1 Å². The Morgan fingerprint density at radius 3 is 2.86 bits per heavy atom. The van der Waals surface area contributed by atoms with Crippen LogP contribution in [-0.4, -0.2) is 41.2 Å². The van der Waals surface area contributed by atoms with E-state index in [4.69, 9.17) is 9.47 Å². The van der Waals surface area contributed by atoms with E-state index in [0.29, 0.717) is 13.2 Å². The van der Waals surface area contributed by atoms with Crippen LogP contribution in [0.2, 0.25) is 0 Å². The monoisotopic (exact) mass is 439 g/mol. The van der Waals surface area contributed by atoms with Crippen molar-refractivity contribution in [1.29, 1.82) is 0 Å². The number of pyridine rings is 1. The van der Waals surface area contributed by atoms with Crippen LogP contribution in [0.5, 0.6) is 11.5 Å². The third kappa shape index (κ3) is 3.42. The number of hydrogen-bond donors (Lipinski definition) is 1. The van der Waals surface area contributed by atoms with Gasteiger partial charge in [-0.1, -0.05) is 22.0 Å². The highest BCUT2D eigenvalue weighted by Crippen LogP contribution is 2.36. The molecule has 0 radical (unpaired) electrons. The smallest absolute Gasteiger partial charge is 0.162 e. The zero-order valence-electron chi connectivity index (χ0n) is 15.6. The third-order valence-electron chi connectivity index (χ3n) is 5.40. The molecule has 0 aliphatic carbocycles. The average molecular weight is 440 g/mol. The van der Waals surface area contributed by atoms with E-state index in [9.17, 15) is 0 Å². The lowest BCUT2D eigenvalue weighted by Crippen LogP contribution is -2.28. The molecule has 0 saturated carbocycles. The van der Waals surface area contributed by atoms with Gasteiger partial charge >= 0.3 is 0 Å². The Bertz CT molecular complexity index is 1040. The lowest BCUT2D eigenvalue weighted by Gasteiger charge is -2.27. The molecule has 5 nitrogen and oxygen atoms in total. The summed E-state index contributed by atoms with van der Waals surface area (Å²) in [6.45, 7) is 4.27. The second-order valence-corrected chi connectivity index (χ2v) is 8.11. The van der Waals surface area contributed by atoms with Crippen molar-refractivity contribution in [3.63, 3.8) is 0 Å². The van der Waals surface area contributed by atoms with Gasteiger partial charge in [-0.15, -0.1) is 0 Å². The molecule has 144 valence electrons. The number of aromatic nitrogens is 2. The van der Waals surface area contributed by atoms with Gasteiger partial charge in [-0.3, -0.25) is 4.90 Å². The Hall–Kier alpha value is -2.31. The summed E-state index contributed by atoms with van der Waals surface area (Å²) in [5, 5.41) is 1.20. The highest BCUT2D eigenvalue weighted by atomic mass is 79.9. The minimum absolute atomic E-state index is 0.710. The van der Waals surface area contributed by atoms with Gasteiger partial charge in [0, 0.05) is 53.9 Å². The lowest BCUT2D eigenvalue weighted by molar-refractivity contribution is 0.290. The SMILES string of the molecule is Brc1cc2c(cc1CN1CC=C(c3c[nH]c4ncccc34)CC1)OCCCO2. The van der Waals surface area contributed by atoms with Gasteiger partial charge in [-0.25, -0.2) is 4.98 Å². The molecular formula is C22H22BrN3O2. The fourth-order valence-electron chi connectivity index (χ4n) is 3.91. The Morgan fingerprint density at radius 1 is 1.18 bits per heavy atom. The quantitative estimate of drug-likeness (QED) is 0.637. The van der Waals surface area contributed by atoms with Gasteiger partial charge in [0.2, 0.25) is 0 Å². The molecule has 28 heavy (non-hydrogen) atoms. The molecule has 0 bridgehead atoms. The molecule has 5 rings (SSSR count). The fraction of sp³-hybridized carbons (Fsp3) is 0.318. The van der Waals surface area contributed by atoms with E-state index in [1.54, 1.807) is 0 Å². The Morgan fingerprint density at radius 2 is 2.04 bits per heavy atom. The lowest BCUT2D eigenvalue weighted by atomic mass is 9.99. The van der Waals surface area contributed by atoms with Crippen LogP contribution in [-0.2, 0) is 6.54 Å². The molecule has 0 spiro atoms.